The molecule has 0 amide bonds. The molecular weight excluding hydrogens is 250 g/mol. The molecule has 0 aliphatic heterocycles. The monoisotopic (exact) mass is 263 g/mol. The minimum atomic E-state index is -0.662. The van der Waals surface area contributed by atoms with Crippen molar-refractivity contribution in [3.8, 4) is 11.5 Å². The van der Waals surface area contributed by atoms with E-state index >= 15 is 0 Å². The topological polar surface area (TPSA) is 81.8 Å². The van der Waals surface area contributed by atoms with Crippen LogP contribution < -0.4 is 4.74 Å². The van der Waals surface area contributed by atoms with Crippen molar-refractivity contribution >= 4 is 5.97 Å². The Morgan fingerprint density at radius 1 is 1.47 bits per heavy atom. The molecule has 19 heavy (non-hydrogen) atoms. The predicted molar refractivity (Wildman–Crippen MR) is 65.0 cm³/mol. The van der Waals surface area contributed by atoms with Crippen LogP contribution in [0.1, 0.15) is 21.8 Å². The van der Waals surface area contributed by atoms with Crippen LogP contribution in [0.5, 0.6) is 11.5 Å². The van der Waals surface area contributed by atoms with Crippen LogP contribution in [0.25, 0.3) is 0 Å². The molecule has 6 heteroatoms. The first-order valence-corrected chi connectivity index (χ1v) is 5.57. The number of aromatic nitrogens is 1. The van der Waals surface area contributed by atoms with Crippen molar-refractivity contribution in [2.45, 2.75) is 13.5 Å². The number of benzene rings is 1. The quantitative estimate of drug-likeness (QED) is 0.850. The highest BCUT2D eigenvalue weighted by atomic mass is 16.5. The fraction of sp³-hybridized carbons (Fsp3) is 0.231. The number of rotatable bonds is 4. The fourth-order valence-electron chi connectivity index (χ4n) is 1.55. The van der Waals surface area contributed by atoms with Crippen LogP contribution in [0, 0.1) is 6.92 Å². The normalized spacial score (nSPS) is 10.2. The summed E-state index contributed by atoms with van der Waals surface area (Å²) in [5.41, 5.74) is 0.742. The first kappa shape index (κ1) is 12.9. The minimum absolute atomic E-state index is 0.0376. The van der Waals surface area contributed by atoms with Gasteiger partial charge in [0, 0.05) is 6.07 Å². The molecular formula is C13H13NO5. The molecule has 2 rings (SSSR count). The van der Waals surface area contributed by atoms with E-state index in [9.17, 15) is 9.90 Å². The number of nitrogens with zero attached hydrogens (tertiary/aromatic N) is 1. The Hall–Kier alpha value is -2.50. The zero-order valence-corrected chi connectivity index (χ0v) is 10.5. The number of ether oxygens (including phenoxy) is 2. The van der Waals surface area contributed by atoms with Crippen molar-refractivity contribution in [2.75, 3.05) is 7.11 Å². The summed E-state index contributed by atoms with van der Waals surface area (Å²) in [5, 5.41) is 13.5. The van der Waals surface area contributed by atoms with Crippen molar-refractivity contribution in [3.05, 3.63) is 41.3 Å². The lowest BCUT2D eigenvalue weighted by atomic mass is 10.2. The minimum Gasteiger partial charge on any atom is -0.504 e. The van der Waals surface area contributed by atoms with Crippen LogP contribution in [-0.4, -0.2) is 23.3 Å². The predicted octanol–water partition coefficient (Wildman–Crippen LogP) is 2.05. The van der Waals surface area contributed by atoms with E-state index in [0.29, 0.717) is 11.5 Å². The molecule has 0 aliphatic carbocycles. The number of methoxy groups -OCH3 is 1. The highest BCUT2D eigenvalue weighted by Gasteiger charge is 2.16. The van der Waals surface area contributed by atoms with Gasteiger partial charge in [0.1, 0.15) is 5.56 Å². The number of phenolic OH excluding ortho intramolecular Hbond substituents is 1. The Labute approximate surface area is 109 Å². The molecule has 1 heterocycles. The Bertz CT molecular complexity index is 590. The average molecular weight is 263 g/mol. The van der Waals surface area contributed by atoms with Gasteiger partial charge in [-0.25, -0.2) is 4.79 Å². The number of carbonyl (C=O) groups is 1. The first-order valence-electron chi connectivity index (χ1n) is 5.57. The molecule has 1 N–H and O–H groups in total. The van der Waals surface area contributed by atoms with E-state index in [1.807, 2.05) is 0 Å². The maximum absolute atomic E-state index is 11.8. The van der Waals surface area contributed by atoms with Crippen molar-refractivity contribution in [2.24, 2.45) is 0 Å². The number of hydrogen-bond acceptors (Lipinski definition) is 6. The molecule has 2 aromatic rings. The van der Waals surface area contributed by atoms with E-state index in [1.54, 1.807) is 25.1 Å². The van der Waals surface area contributed by atoms with Crippen molar-refractivity contribution in [1.29, 1.82) is 0 Å². The first-order chi connectivity index (χ1) is 9.11. The Kier molecular flexibility index (Phi) is 3.70. The maximum atomic E-state index is 11.8. The lowest BCUT2D eigenvalue weighted by Crippen LogP contribution is -2.05. The van der Waals surface area contributed by atoms with Crippen molar-refractivity contribution in [1.82, 2.24) is 5.16 Å². The number of aryl methyl sites for hydroxylation is 1. The summed E-state index contributed by atoms with van der Waals surface area (Å²) in [6.45, 7) is 1.72. The Morgan fingerprint density at radius 2 is 2.26 bits per heavy atom. The molecule has 0 fully saturated rings. The van der Waals surface area contributed by atoms with Crippen LogP contribution in [-0.2, 0) is 11.3 Å². The molecule has 1 aromatic heterocycles. The molecule has 0 saturated carbocycles. The second kappa shape index (κ2) is 5.43. The number of para-hydroxylation sites is 1. The third kappa shape index (κ3) is 2.85. The lowest BCUT2D eigenvalue weighted by Gasteiger charge is -2.07. The van der Waals surface area contributed by atoms with Crippen LogP contribution in [0.15, 0.2) is 28.8 Å². The number of esters is 1. The fourth-order valence-corrected chi connectivity index (χ4v) is 1.55. The van der Waals surface area contributed by atoms with Gasteiger partial charge in [-0.2, -0.15) is 0 Å². The largest absolute Gasteiger partial charge is 0.504 e. The van der Waals surface area contributed by atoms with Gasteiger partial charge in [-0.15, -0.1) is 0 Å². The highest BCUT2D eigenvalue weighted by Crippen LogP contribution is 2.29. The van der Waals surface area contributed by atoms with Gasteiger partial charge in [0.2, 0.25) is 0 Å². The second-order valence-electron chi connectivity index (χ2n) is 3.87. The van der Waals surface area contributed by atoms with Crippen molar-refractivity contribution in [3.63, 3.8) is 0 Å². The summed E-state index contributed by atoms with van der Waals surface area (Å²) >= 11 is 0. The van der Waals surface area contributed by atoms with E-state index in [2.05, 4.69) is 5.16 Å². The molecule has 0 aliphatic rings. The van der Waals surface area contributed by atoms with Crippen LogP contribution >= 0.6 is 0 Å². The van der Waals surface area contributed by atoms with Gasteiger partial charge in [-0.3, -0.25) is 0 Å². The number of phenols is 1. The number of aromatic hydroxyl groups is 1. The SMILES string of the molecule is COc1cccc(C(=O)OCc2cc(C)no2)c1O. The van der Waals surface area contributed by atoms with Crippen LogP contribution in [0.4, 0.5) is 0 Å². The summed E-state index contributed by atoms with van der Waals surface area (Å²) in [6.07, 6.45) is 0. The second-order valence-corrected chi connectivity index (χ2v) is 3.87. The Morgan fingerprint density at radius 3 is 2.89 bits per heavy atom. The van der Waals surface area contributed by atoms with Gasteiger partial charge >= 0.3 is 5.97 Å². The van der Waals surface area contributed by atoms with Crippen LogP contribution in [0.2, 0.25) is 0 Å². The van der Waals surface area contributed by atoms with E-state index in [1.165, 1.54) is 13.2 Å². The van der Waals surface area contributed by atoms with Gasteiger partial charge in [-0.1, -0.05) is 11.2 Å². The molecule has 0 radical (unpaired) electrons. The molecule has 0 bridgehead atoms. The summed E-state index contributed by atoms with van der Waals surface area (Å²) in [7, 11) is 1.40. The maximum Gasteiger partial charge on any atom is 0.342 e. The summed E-state index contributed by atoms with van der Waals surface area (Å²) in [6, 6.07) is 6.25. The smallest absolute Gasteiger partial charge is 0.342 e. The van der Waals surface area contributed by atoms with Gasteiger partial charge in [0.25, 0.3) is 0 Å². The number of carbonyl (C=O) groups excluding carboxylic acids is 1. The van der Waals surface area contributed by atoms with E-state index < -0.39 is 5.97 Å². The van der Waals surface area contributed by atoms with E-state index in [4.69, 9.17) is 14.0 Å². The third-order valence-corrected chi connectivity index (χ3v) is 2.46. The van der Waals surface area contributed by atoms with Gasteiger partial charge in [0.05, 0.1) is 12.8 Å². The molecule has 0 atom stereocenters. The van der Waals surface area contributed by atoms with Gasteiger partial charge in [-0.05, 0) is 19.1 Å². The summed E-state index contributed by atoms with van der Waals surface area (Å²) in [4.78, 5) is 11.8. The zero-order valence-electron chi connectivity index (χ0n) is 10.5. The number of hydrogen-bond donors (Lipinski definition) is 1. The summed E-state index contributed by atoms with van der Waals surface area (Å²) in [5.74, 6) is -0.257. The van der Waals surface area contributed by atoms with Crippen LogP contribution in [0.3, 0.4) is 0 Å². The molecule has 0 spiro atoms. The highest BCUT2D eigenvalue weighted by molar-refractivity contribution is 5.93. The summed E-state index contributed by atoms with van der Waals surface area (Å²) < 4.78 is 14.8. The molecule has 6 nitrogen and oxygen atoms in total. The molecule has 0 saturated heterocycles. The third-order valence-electron chi connectivity index (χ3n) is 2.46. The van der Waals surface area contributed by atoms with Gasteiger partial charge in [0.15, 0.2) is 23.9 Å². The lowest BCUT2D eigenvalue weighted by molar-refractivity contribution is 0.0433. The Balaban J connectivity index is 2.08. The molecule has 100 valence electrons. The van der Waals surface area contributed by atoms with Crippen molar-refractivity contribution < 1.29 is 23.9 Å². The average Bonchev–Trinajstić information content (AvgIpc) is 2.82. The standard InChI is InChI=1S/C13H13NO5/c1-8-6-9(19-14-8)7-18-13(16)10-4-3-5-11(17-2)12(10)15/h3-6,15H,7H2,1-2H3. The zero-order chi connectivity index (χ0) is 13.8. The van der Waals surface area contributed by atoms with E-state index in [0.717, 1.165) is 0 Å². The molecule has 0 unspecified atom stereocenters. The van der Waals surface area contributed by atoms with E-state index in [-0.39, 0.29) is 23.7 Å². The van der Waals surface area contributed by atoms with Gasteiger partial charge < -0.3 is 19.1 Å². The molecule has 1 aromatic carbocycles.